The van der Waals surface area contributed by atoms with E-state index in [0.717, 1.165) is 32.5 Å². The minimum absolute atomic E-state index is 0.0538. The van der Waals surface area contributed by atoms with Gasteiger partial charge in [0.2, 0.25) is 0 Å². The van der Waals surface area contributed by atoms with Crippen molar-refractivity contribution in [3.63, 3.8) is 0 Å². The fourth-order valence-corrected chi connectivity index (χ4v) is 2.78. The van der Waals surface area contributed by atoms with Crippen molar-refractivity contribution in [1.29, 1.82) is 0 Å². The third kappa shape index (κ3) is 9.19. The van der Waals surface area contributed by atoms with E-state index in [2.05, 4.69) is 24.2 Å². The molecule has 0 heterocycles. The molecule has 0 aliphatic rings. The molecule has 2 N–H and O–H groups in total. The zero-order chi connectivity index (χ0) is 20.8. The molecule has 158 valence electrons. The van der Waals surface area contributed by atoms with E-state index in [4.69, 9.17) is 14.2 Å². The highest BCUT2D eigenvalue weighted by atomic mass is 16.5. The molecule has 1 aromatic rings. The van der Waals surface area contributed by atoms with Gasteiger partial charge in [0.1, 0.15) is 12.4 Å². The first-order valence-electron chi connectivity index (χ1n) is 10.0. The van der Waals surface area contributed by atoms with Crippen LogP contribution in [0.3, 0.4) is 0 Å². The van der Waals surface area contributed by atoms with Gasteiger partial charge in [0.25, 0.3) is 11.9 Å². The number of hydrogen-bond donors (Lipinski definition) is 2. The Morgan fingerprint density at radius 2 is 1.96 bits per heavy atom. The van der Waals surface area contributed by atoms with E-state index in [-0.39, 0.29) is 18.0 Å². The fourth-order valence-electron chi connectivity index (χ4n) is 2.78. The molecule has 0 spiro atoms. The van der Waals surface area contributed by atoms with Gasteiger partial charge in [0, 0.05) is 12.7 Å². The largest absolute Gasteiger partial charge is 0.497 e. The molecule has 0 fully saturated rings. The summed E-state index contributed by atoms with van der Waals surface area (Å²) in [6, 6.07) is 7.25. The van der Waals surface area contributed by atoms with Crippen LogP contribution in [0.2, 0.25) is 0 Å². The van der Waals surface area contributed by atoms with Crippen LogP contribution >= 0.6 is 0 Å². The summed E-state index contributed by atoms with van der Waals surface area (Å²) in [5.74, 6) is 0.341. The minimum Gasteiger partial charge on any atom is -0.497 e. The van der Waals surface area contributed by atoms with Crippen LogP contribution in [0.1, 0.15) is 44.0 Å². The molecule has 28 heavy (non-hydrogen) atoms. The number of methoxy groups -OCH3 is 2. The third-order valence-electron chi connectivity index (χ3n) is 4.57. The summed E-state index contributed by atoms with van der Waals surface area (Å²) in [6.45, 7) is 10.6. The monoisotopic (exact) mass is 394 g/mol. The molecule has 1 amide bonds. The Labute approximate surface area is 169 Å². The highest BCUT2D eigenvalue weighted by Crippen LogP contribution is 2.12. The number of carbonyl (C=O) groups is 1. The Bertz CT molecular complexity index is 603. The standard InChI is InChI=1S/C21H35N3O4/c1-6-24(7-2)13-9-10-17(3)22-21(28-15-14-26-4)23-20(25)18-11-8-12-19(16-18)27-5/h8,11-12,16-17H,6-7,9-10,13-15H2,1-5H3,(H,22,23,25)/p+1/t17-/m0/s1. The molecule has 0 saturated heterocycles. The average molecular weight is 395 g/mol. The van der Waals surface area contributed by atoms with Gasteiger partial charge in [-0.3, -0.25) is 10.1 Å². The van der Waals surface area contributed by atoms with Gasteiger partial charge in [0.15, 0.2) is 0 Å². The van der Waals surface area contributed by atoms with Gasteiger partial charge < -0.3 is 19.1 Å². The first kappa shape index (κ1) is 23.9. The van der Waals surface area contributed by atoms with E-state index >= 15 is 0 Å². The summed E-state index contributed by atoms with van der Waals surface area (Å²) in [4.78, 5) is 18.7. The lowest BCUT2D eigenvalue weighted by molar-refractivity contribution is -0.896. The van der Waals surface area contributed by atoms with E-state index in [1.807, 2.05) is 6.92 Å². The molecule has 0 aromatic heterocycles. The van der Waals surface area contributed by atoms with Crippen molar-refractivity contribution in [3.05, 3.63) is 29.8 Å². The number of nitrogens with one attached hydrogen (secondary N) is 2. The molecule has 7 nitrogen and oxygen atoms in total. The number of aliphatic imine (C=N–C) groups is 1. The van der Waals surface area contributed by atoms with E-state index in [0.29, 0.717) is 24.5 Å². The van der Waals surface area contributed by atoms with Gasteiger partial charge in [-0.25, -0.2) is 4.99 Å². The van der Waals surface area contributed by atoms with Crippen LogP contribution in [0.5, 0.6) is 5.75 Å². The van der Waals surface area contributed by atoms with Crippen LogP contribution in [0.4, 0.5) is 0 Å². The van der Waals surface area contributed by atoms with Gasteiger partial charge in [-0.2, -0.15) is 0 Å². The predicted octanol–water partition coefficient (Wildman–Crippen LogP) is 1.54. The molecule has 1 aromatic carbocycles. The van der Waals surface area contributed by atoms with E-state index in [1.54, 1.807) is 43.4 Å². The number of nitrogens with zero attached hydrogens (tertiary/aromatic N) is 1. The Balaban J connectivity index is 2.71. The zero-order valence-corrected chi connectivity index (χ0v) is 17.9. The molecule has 1 atom stereocenters. The Morgan fingerprint density at radius 3 is 2.61 bits per heavy atom. The summed E-state index contributed by atoms with van der Waals surface area (Å²) >= 11 is 0. The number of amides is 1. The topological polar surface area (TPSA) is 73.6 Å². The maximum absolute atomic E-state index is 12.6. The van der Waals surface area contributed by atoms with E-state index < -0.39 is 0 Å². The quantitative estimate of drug-likeness (QED) is 0.320. The zero-order valence-electron chi connectivity index (χ0n) is 17.9. The summed E-state index contributed by atoms with van der Waals surface area (Å²) in [6.07, 6.45) is 2.02. The average Bonchev–Trinajstić information content (AvgIpc) is 2.71. The first-order chi connectivity index (χ1) is 13.5. The number of hydrogen-bond acceptors (Lipinski definition) is 5. The smallest absolute Gasteiger partial charge is 0.292 e. The minimum atomic E-state index is -0.283. The summed E-state index contributed by atoms with van der Waals surface area (Å²) in [5.41, 5.74) is 0.486. The molecule has 0 bridgehead atoms. The van der Waals surface area contributed by atoms with Crippen LogP contribution in [0, 0.1) is 0 Å². The summed E-state index contributed by atoms with van der Waals surface area (Å²) in [5, 5.41) is 2.77. The molecule has 7 heteroatoms. The van der Waals surface area contributed by atoms with Crippen molar-refractivity contribution in [2.24, 2.45) is 4.99 Å². The molecular formula is C21H36N3O4+. The molecule has 1 rings (SSSR count). The number of quaternary nitrogens is 1. The maximum atomic E-state index is 12.6. The lowest BCUT2D eigenvalue weighted by Crippen LogP contribution is -3.11. The molecule has 0 radical (unpaired) electrons. The number of benzene rings is 1. The van der Waals surface area contributed by atoms with Crippen molar-refractivity contribution in [2.75, 3.05) is 47.1 Å². The molecule has 0 aliphatic heterocycles. The summed E-state index contributed by atoms with van der Waals surface area (Å²) < 4.78 is 15.8. The highest BCUT2D eigenvalue weighted by Gasteiger charge is 2.13. The van der Waals surface area contributed by atoms with Gasteiger partial charge in [-0.1, -0.05) is 6.07 Å². The van der Waals surface area contributed by atoms with Crippen molar-refractivity contribution in [3.8, 4) is 5.75 Å². The normalized spacial score (nSPS) is 12.7. The molecular weight excluding hydrogens is 358 g/mol. The second kappa shape index (κ2) is 14.0. The lowest BCUT2D eigenvalue weighted by atomic mass is 10.2. The Hall–Kier alpha value is -2.12. The Kier molecular flexibility index (Phi) is 11.9. The van der Waals surface area contributed by atoms with Gasteiger partial charge in [0.05, 0.1) is 39.4 Å². The van der Waals surface area contributed by atoms with E-state index in [9.17, 15) is 4.79 Å². The van der Waals surface area contributed by atoms with Crippen molar-refractivity contribution in [1.82, 2.24) is 5.32 Å². The van der Waals surface area contributed by atoms with Crippen LogP contribution in [-0.4, -0.2) is 65.0 Å². The molecule has 0 aliphatic carbocycles. The van der Waals surface area contributed by atoms with Crippen LogP contribution < -0.4 is 15.0 Å². The number of ether oxygens (including phenoxy) is 3. The van der Waals surface area contributed by atoms with Crippen LogP contribution in [0.25, 0.3) is 0 Å². The van der Waals surface area contributed by atoms with Crippen LogP contribution in [0.15, 0.2) is 29.3 Å². The van der Waals surface area contributed by atoms with Gasteiger partial charge in [-0.05, 0) is 51.8 Å². The molecule has 0 unspecified atom stereocenters. The Morgan fingerprint density at radius 1 is 1.21 bits per heavy atom. The fraction of sp³-hybridized carbons (Fsp3) is 0.619. The number of rotatable bonds is 12. The van der Waals surface area contributed by atoms with Crippen molar-refractivity contribution in [2.45, 2.75) is 39.7 Å². The van der Waals surface area contributed by atoms with Gasteiger partial charge >= 0.3 is 0 Å². The van der Waals surface area contributed by atoms with Crippen molar-refractivity contribution < 1.29 is 23.9 Å². The first-order valence-corrected chi connectivity index (χ1v) is 10.0. The lowest BCUT2D eigenvalue weighted by Gasteiger charge is -2.16. The second-order valence-corrected chi connectivity index (χ2v) is 6.66. The number of amidine groups is 1. The van der Waals surface area contributed by atoms with Crippen molar-refractivity contribution >= 4 is 11.9 Å². The predicted molar refractivity (Wildman–Crippen MR) is 111 cm³/mol. The third-order valence-corrected chi connectivity index (χ3v) is 4.57. The second-order valence-electron chi connectivity index (χ2n) is 6.66. The van der Waals surface area contributed by atoms with Gasteiger partial charge in [-0.15, -0.1) is 0 Å². The summed E-state index contributed by atoms with van der Waals surface area (Å²) in [7, 11) is 3.17. The van der Waals surface area contributed by atoms with Crippen LogP contribution in [-0.2, 0) is 9.47 Å². The maximum Gasteiger partial charge on any atom is 0.292 e. The van der Waals surface area contributed by atoms with E-state index in [1.165, 1.54) is 0 Å². The highest BCUT2D eigenvalue weighted by molar-refractivity contribution is 6.04. The molecule has 0 saturated carbocycles. The SMILES string of the molecule is CC[NH+](CC)CCC[C@H](C)N=C(NC(=O)c1cccc(OC)c1)OCCOC. The number of carbonyl (C=O) groups excluding carboxylic acids is 1.